The van der Waals surface area contributed by atoms with E-state index in [4.69, 9.17) is 0 Å². The van der Waals surface area contributed by atoms with Crippen molar-refractivity contribution < 1.29 is 0 Å². The molecule has 4 atom stereocenters. The minimum Gasteiger partial charge on any atom is -0.0625 e. The van der Waals surface area contributed by atoms with Gasteiger partial charge < -0.3 is 0 Å². The van der Waals surface area contributed by atoms with Crippen LogP contribution in [0.5, 0.6) is 0 Å². The zero-order valence-electron chi connectivity index (χ0n) is 10.0. The minimum atomic E-state index is 0.878. The molecule has 13 heavy (non-hydrogen) atoms. The van der Waals surface area contributed by atoms with Gasteiger partial charge in [-0.2, -0.15) is 0 Å². The molecule has 1 fully saturated rings. The van der Waals surface area contributed by atoms with E-state index in [1.807, 2.05) is 0 Å². The highest BCUT2D eigenvalue weighted by Gasteiger charge is 2.29. The van der Waals surface area contributed by atoms with Gasteiger partial charge in [0.1, 0.15) is 0 Å². The second-order valence-corrected chi connectivity index (χ2v) is 5.66. The van der Waals surface area contributed by atoms with E-state index in [1.165, 1.54) is 19.3 Å². The molecule has 78 valence electrons. The van der Waals surface area contributed by atoms with Crippen LogP contribution in [0.15, 0.2) is 0 Å². The minimum absolute atomic E-state index is 0.878. The van der Waals surface area contributed by atoms with Crippen LogP contribution in [-0.4, -0.2) is 0 Å². The van der Waals surface area contributed by atoms with Crippen LogP contribution in [-0.2, 0) is 0 Å². The molecule has 0 aromatic carbocycles. The van der Waals surface area contributed by atoms with Crippen LogP contribution in [0.1, 0.15) is 53.9 Å². The maximum absolute atomic E-state index is 2.47. The van der Waals surface area contributed by atoms with Crippen LogP contribution in [0.3, 0.4) is 0 Å². The third kappa shape index (κ3) is 2.72. The van der Waals surface area contributed by atoms with Gasteiger partial charge in [-0.05, 0) is 42.4 Å². The first kappa shape index (κ1) is 11.1. The highest BCUT2D eigenvalue weighted by molar-refractivity contribution is 4.79. The van der Waals surface area contributed by atoms with Crippen molar-refractivity contribution in [3.8, 4) is 0 Å². The van der Waals surface area contributed by atoms with E-state index in [2.05, 4.69) is 34.6 Å². The van der Waals surface area contributed by atoms with Crippen LogP contribution in [0.2, 0.25) is 0 Å². The Kier molecular flexibility index (Phi) is 3.82. The van der Waals surface area contributed by atoms with E-state index in [1.54, 1.807) is 0 Å². The summed E-state index contributed by atoms with van der Waals surface area (Å²) in [6, 6.07) is 0. The Hall–Kier alpha value is 0. The fraction of sp³-hybridized carbons (Fsp3) is 1.00. The average molecular weight is 182 g/mol. The molecular formula is C13H26. The first-order valence-corrected chi connectivity index (χ1v) is 6.02. The first-order chi connectivity index (χ1) is 6.02. The molecule has 0 aromatic rings. The monoisotopic (exact) mass is 182 g/mol. The predicted octanol–water partition coefficient (Wildman–Crippen LogP) is 4.35. The number of hydrogen-bond donors (Lipinski definition) is 0. The van der Waals surface area contributed by atoms with Crippen molar-refractivity contribution in [2.75, 3.05) is 0 Å². The molecule has 1 aliphatic rings. The van der Waals surface area contributed by atoms with Crippen molar-refractivity contribution in [2.45, 2.75) is 53.9 Å². The Morgan fingerprint density at radius 1 is 1.00 bits per heavy atom. The molecule has 0 saturated heterocycles. The summed E-state index contributed by atoms with van der Waals surface area (Å²) in [6.45, 7) is 12.1. The van der Waals surface area contributed by atoms with Crippen molar-refractivity contribution in [3.05, 3.63) is 0 Å². The van der Waals surface area contributed by atoms with Gasteiger partial charge in [0, 0.05) is 0 Å². The molecule has 0 nitrogen and oxygen atoms in total. The zero-order valence-corrected chi connectivity index (χ0v) is 10.0. The van der Waals surface area contributed by atoms with Gasteiger partial charge >= 0.3 is 0 Å². The van der Waals surface area contributed by atoms with Crippen LogP contribution < -0.4 is 0 Å². The van der Waals surface area contributed by atoms with Gasteiger partial charge in [0.2, 0.25) is 0 Å². The smallest absolute Gasteiger partial charge is 0.0363 e. The molecule has 0 aliphatic heterocycles. The summed E-state index contributed by atoms with van der Waals surface area (Å²) in [5.41, 5.74) is 0. The second-order valence-electron chi connectivity index (χ2n) is 5.66. The molecule has 4 unspecified atom stereocenters. The molecule has 1 saturated carbocycles. The summed E-state index contributed by atoms with van der Waals surface area (Å²) < 4.78 is 0. The van der Waals surface area contributed by atoms with Gasteiger partial charge in [-0.15, -0.1) is 0 Å². The summed E-state index contributed by atoms with van der Waals surface area (Å²) in [5, 5.41) is 0. The number of rotatable bonds is 1. The SMILES string of the molecule is CC1CCC(C(C)C)C(C)C(C)C1. The molecular weight excluding hydrogens is 156 g/mol. The quantitative estimate of drug-likeness (QED) is 0.529. The Bertz CT molecular complexity index is 148. The molecule has 0 spiro atoms. The third-order valence-corrected chi connectivity index (χ3v) is 4.20. The largest absolute Gasteiger partial charge is 0.0625 e. The number of hydrogen-bond acceptors (Lipinski definition) is 0. The van der Waals surface area contributed by atoms with Gasteiger partial charge in [-0.25, -0.2) is 0 Å². The zero-order chi connectivity index (χ0) is 10.0. The van der Waals surface area contributed by atoms with Crippen LogP contribution in [0.25, 0.3) is 0 Å². The van der Waals surface area contributed by atoms with E-state index in [-0.39, 0.29) is 0 Å². The molecule has 0 amide bonds. The van der Waals surface area contributed by atoms with E-state index < -0.39 is 0 Å². The van der Waals surface area contributed by atoms with E-state index in [9.17, 15) is 0 Å². The molecule has 0 heterocycles. The molecule has 1 rings (SSSR count). The maximum atomic E-state index is 2.47. The molecule has 0 aromatic heterocycles. The fourth-order valence-corrected chi connectivity index (χ4v) is 3.07. The van der Waals surface area contributed by atoms with Crippen molar-refractivity contribution in [1.82, 2.24) is 0 Å². The van der Waals surface area contributed by atoms with Gasteiger partial charge in [-0.3, -0.25) is 0 Å². The lowest BCUT2D eigenvalue weighted by Gasteiger charge is -2.29. The summed E-state index contributed by atoms with van der Waals surface area (Å²) >= 11 is 0. The van der Waals surface area contributed by atoms with Crippen molar-refractivity contribution in [1.29, 1.82) is 0 Å². The summed E-state index contributed by atoms with van der Waals surface area (Å²) in [4.78, 5) is 0. The van der Waals surface area contributed by atoms with Gasteiger partial charge in [0.25, 0.3) is 0 Å². The predicted molar refractivity (Wildman–Crippen MR) is 59.7 cm³/mol. The topological polar surface area (TPSA) is 0 Å². The van der Waals surface area contributed by atoms with E-state index in [0.29, 0.717) is 0 Å². The summed E-state index contributed by atoms with van der Waals surface area (Å²) in [6.07, 6.45) is 4.37. The average Bonchev–Trinajstić information content (AvgIpc) is 2.13. The molecule has 0 bridgehead atoms. The molecule has 1 aliphatic carbocycles. The normalized spacial score (nSPS) is 42.0. The Balaban J connectivity index is 2.64. The van der Waals surface area contributed by atoms with Crippen molar-refractivity contribution in [2.24, 2.45) is 29.6 Å². The Morgan fingerprint density at radius 2 is 1.62 bits per heavy atom. The highest BCUT2D eigenvalue weighted by atomic mass is 14.3. The standard InChI is InChI=1S/C13H26/c1-9(2)13-7-6-10(3)8-11(4)12(13)5/h9-13H,6-8H2,1-5H3. The maximum Gasteiger partial charge on any atom is -0.0363 e. The van der Waals surface area contributed by atoms with Crippen molar-refractivity contribution in [3.63, 3.8) is 0 Å². The highest BCUT2D eigenvalue weighted by Crippen LogP contribution is 2.38. The van der Waals surface area contributed by atoms with E-state index >= 15 is 0 Å². The van der Waals surface area contributed by atoms with Gasteiger partial charge in [0.15, 0.2) is 0 Å². The van der Waals surface area contributed by atoms with E-state index in [0.717, 1.165) is 29.6 Å². The van der Waals surface area contributed by atoms with Crippen molar-refractivity contribution >= 4 is 0 Å². The Labute approximate surface area is 84.1 Å². The third-order valence-electron chi connectivity index (χ3n) is 4.20. The molecule has 0 radical (unpaired) electrons. The van der Waals surface area contributed by atoms with Crippen LogP contribution in [0, 0.1) is 29.6 Å². The lowest BCUT2D eigenvalue weighted by Crippen LogP contribution is -2.21. The summed E-state index contributed by atoms with van der Waals surface area (Å²) in [5.74, 6) is 4.68. The molecule has 0 N–H and O–H groups in total. The van der Waals surface area contributed by atoms with Crippen LogP contribution >= 0.6 is 0 Å². The Morgan fingerprint density at radius 3 is 2.15 bits per heavy atom. The van der Waals surface area contributed by atoms with Gasteiger partial charge in [-0.1, -0.05) is 41.0 Å². The molecule has 0 heteroatoms. The second kappa shape index (κ2) is 4.48. The first-order valence-electron chi connectivity index (χ1n) is 6.02. The van der Waals surface area contributed by atoms with Gasteiger partial charge in [0.05, 0.1) is 0 Å². The van der Waals surface area contributed by atoms with Crippen LogP contribution in [0.4, 0.5) is 0 Å². The lowest BCUT2D eigenvalue weighted by molar-refractivity contribution is 0.206. The fourth-order valence-electron chi connectivity index (χ4n) is 3.07. The summed E-state index contributed by atoms with van der Waals surface area (Å²) in [7, 11) is 0. The lowest BCUT2D eigenvalue weighted by atomic mass is 9.77.